The van der Waals surface area contributed by atoms with Crippen LogP contribution in [0.3, 0.4) is 0 Å². The maximum Gasteiger partial charge on any atom is 0.240 e. The molecular formula is C17H23N3O3S. The second-order valence-electron chi connectivity index (χ2n) is 6.50. The quantitative estimate of drug-likeness (QED) is 0.883. The monoisotopic (exact) mass is 349 g/mol. The van der Waals surface area contributed by atoms with Gasteiger partial charge in [0.1, 0.15) is 0 Å². The second-order valence-corrected chi connectivity index (χ2v) is 8.28. The third-order valence-electron chi connectivity index (χ3n) is 4.63. The summed E-state index contributed by atoms with van der Waals surface area (Å²) in [5, 5.41) is 1.24. The van der Waals surface area contributed by atoms with Crippen molar-refractivity contribution in [2.24, 2.45) is 0 Å². The number of likely N-dealkylation sites (tertiary alicyclic amines) is 1. The molecule has 1 amide bonds. The minimum absolute atomic E-state index is 0.155. The van der Waals surface area contributed by atoms with Gasteiger partial charge in [-0.05, 0) is 37.3 Å². The van der Waals surface area contributed by atoms with Gasteiger partial charge in [0.25, 0.3) is 0 Å². The van der Waals surface area contributed by atoms with Crippen LogP contribution in [-0.4, -0.2) is 49.6 Å². The molecule has 1 aliphatic rings. The number of sulfonamides is 1. The van der Waals surface area contributed by atoms with Gasteiger partial charge < -0.3 is 9.88 Å². The molecule has 0 aliphatic carbocycles. The molecule has 1 aromatic carbocycles. The number of hydrogen-bond acceptors (Lipinski definition) is 3. The first-order valence-electron chi connectivity index (χ1n) is 8.17. The van der Waals surface area contributed by atoms with Crippen LogP contribution >= 0.6 is 0 Å². The van der Waals surface area contributed by atoms with Gasteiger partial charge >= 0.3 is 0 Å². The zero-order valence-electron chi connectivity index (χ0n) is 14.0. The summed E-state index contributed by atoms with van der Waals surface area (Å²) in [7, 11) is -3.38. The van der Waals surface area contributed by atoms with E-state index in [1.807, 2.05) is 12.1 Å². The van der Waals surface area contributed by atoms with Crippen LogP contribution in [0.25, 0.3) is 10.9 Å². The number of benzene rings is 1. The number of aromatic amines is 1. The van der Waals surface area contributed by atoms with E-state index in [1.54, 1.807) is 11.8 Å². The van der Waals surface area contributed by atoms with E-state index in [0.717, 1.165) is 24.6 Å². The Labute approximate surface area is 142 Å². The second kappa shape index (κ2) is 6.57. The van der Waals surface area contributed by atoms with Crippen LogP contribution < -0.4 is 4.72 Å². The van der Waals surface area contributed by atoms with Crippen molar-refractivity contribution in [1.29, 1.82) is 0 Å². The number of piperidine rings is 1. The van der Waals surface area contributed by atoms with Crippen molar-refractivity contribution in [3.05, 3.63) is 36.0 Å². The van der Waals surface area contributed by atoms with E-state index < -0.39 is 16.1 Å². The van der Waals surface area contributed by atoms with Gasteiger partial charge in [-0.3, -0.25) is 4.79 Å². The first-order valence-corrected chi connectivity index (χ1v) is 10.1. The maximum absolute atomic E-state index is 12.4. The number of nitrogens with one attached hydrogen (secondary N) is 2. The van der Waals surface area contributed by atoms with Gasteiger partial charge in [0, 0.05) is 30.2 Å². The molecule has 0 unspecified atom stereocenters. The first kappa shape index (κ1) is 17.0. The van der Waals surface area contributed by atoms with Crippen LogP contribution in [0.2, 0.25) is 0 Å². The highest BCUT2D eigenvalue weighted by Gasteiger charge is 2.28. The third-order valence-corrected chi connectivity index (χ3v) is 5.41. The van der Waals surface area contributed by atoms with Crippen LogP contribution in [0.5, 0.6) is 0 Å². The standard InChI is InChI=1S/C17H23N3O3S/c1-12(19-24(2,22)23)17(21)20-9-7-13(8-10-20)15-11-18-16-6-4-3-5-14(15)16/h3-6,11-13,18-19H,7-10H2,1-2H3/t12-/m0/s1. The molecule has 24 heavy (non-hydrogen) atoms. The molecule has 0 spiro atoms. The van der Waals surface area contributed by atoms with Crippen LogP contribution in [0.15, 0.2) is 30.5 Å². The van der Waals surface area contributed by atoms with Crippen molar-refractivity contribution in [3.63, 3.8) is 0 Å². The summed E-state index contributed by atoms with van der Waals surface area (Å²) in [6.45, 7) is 2.90. The summed E-state index contributed by atoms with van der Waals surface area (Å²) in [4.78, 5) is 17.4. The van der Waals surface area contributed by atoms with Crippen molar-refractivity contribution >= 4 is 26.8 Å². The topological polar surface area (TPSA) is 82.3 Å². The normalized spacial score (nSPS) is 18.0. The lowest BCUT2D eigenvalue weighted by molar-refractivity contribution is -0.133. The summed E-state index contributed by atoms with van der Waals surface area (Å²) in [6.07, 6.45) is 4.92. The Balaban J connectivity index is 1.64. The minimum atomic E-state index is -3.38. The molecule has 2 heterocycles. The predicted octanol–water partition coefficient (Wildman–Crippen LogP) is 1.81. The molecule has 1 saturated heterocycles. The van der Waals surface area contributed by atoms with Crippen LogP contribution in [0.4, 0.5) is 0 Å². The number of fused-ring (bicyclic) bond motifs is 1. The number of amides is 1. The summed E-state index contributed by atoms with van der Waals surface area (Å²) >= 11 is 0. The number of carbonyl (C=O) groups excluding carboxylic acids is 1. The van der Waals surface area contributed by atoms with Crippen molar-refractivity contribution < 1.29 is 13.2 Å². The van der Waals surface area contributed by atoms with Gasteiger partial charge in [-0.1, -0.05) is 18.2 Å². The summed E-state index contributed by atoms with van der Waals surface area (Å²) in [5.74, 6) is 0.265. The minimum Gasteiger partial charge on any atom is -0.361 e. The van der Waals surface area contributed by atoms with Crippen molar-refractivity contribution in [3.8, 4) is 0 Å². The lowest BCUT2D eigenvalue weighted by Crippen LogP contribution is -2.48. The molecule has 2 aromatic rings. The van der Waals surface area contributed by atoms with Crippen LogP contribution in [-0.2, 0) is 14.8 Å². The molecule has 1 fully saturated rings. The Hall–Kier alpha value is -1.86. The fourth-order valence-corrected chi connectivity index (χ4v) is 4.23. The molecule has 0 radical (unpaired) electrons. The van der Waals surface area contributed by atoms with Gasteiger partial charge in [0.15, 0.2) is 0 Å². The number of nitrogens with zero attached hydrogens (tertiary/aromatic N) is 1. The number of H-pyrrole nitrogens is 1. The number of hydrogen-bond donors (Lipinski definition) is 2. The molecule has 7 heteroatoms. The SMILES string of the molecule is C[C@H](NS(C)(=O)=O)C(=O)N1CCC(c2c[nH]c3ccccc23)CC1. The fraction of sp³-hybridized carbons (Fsp3) is 0.471. The number of para-hydroxylation sites is 1. The maximum atomic E-state index is 12.4. The van der Waals surface area contributed by atoms with Crippen molar-refractivity contribution in [2.45, 2.75) is 31.7 Å². The average Bonchev–Trinajstić information content (AvgIpc) is 2.97. The Morgan fingerprint density at radius 2 is 1.96 bits per heavy atom. The van der Waals surface area contributed by atoms with Crippen LogP contribution in [0.1, 0.15) is 31.2 Å². The third kappa shape index (κ3) is 3.62. The molecule has 1 aromatic heterocycles. The van der Waals surface area contributed by atoms with E-state index >= 15 is 0 Å². The molecule has 0 saturated carbocycles. The van der Waals surface area contributed by atoms with Gasteiger partial charge in [0.2, 0.25) is 15.9 Å². The molecule has 1 atom stereocenters. The van der Waals surface area contributed by atoms with E-state index in [1.165, 1.54) is 10.9 Å². The Morgan fingerprint density at radius 1 is 1.29 bits per heavy atom. The van der Waals surface area contributed by atoms with E-state index in [4.69, 9.17) is 0 Å². The highest BCUT2D eigenvalue weighted by molar-refractivity contribution is 7.88. The summed E-state index contributed by atoms with van der Waals surface area (Å²) in [6, 6.07) is 7.52. The number of carbonyl (C=O) groups is 1. The van der Waals surface area contributed by atoms with E-state index in [9.17, 15) is 13.2 Å². The summed E-state index contributed by atoms with van der Waals surface area (Å²) in [5.41, 5.74) is 2.44. The van der Waals surface area contributed by atoms with Crippen molar-refractivity contribution in [2.75, 3.05) is 19.3 Å². The average molecular weight is 349 g/mol. The molecule has 1 aliphatic heterocycles. The molecule has 3 rings (SSSR count). The lowest BCUT2D eigenvalue weighted by atomic mass is 9.89. The van der Waals surface area contributed by atoms with Gasteiger partial charge in [0.05, 0.1) is 12.3 Å². The Bertz CT molecular complexity index is 836. The first-order chi connectivity index (χ1) is 11.3. The highest BCUT2D eigenvalue weighted by atomic mass is 32.2. The zero-order chi connectivity index (χ0) is 17.3. The van der Waals surface area contributed by atoms with Crippen molar-refractivity contribution in [1.82, 2.24) is 14.6 Å². The molecule has 2 N–H and O–H groups in total. The molecule has 6 nitrogen and oxygen atoms in total. The molecular weight excluding hydrogens is 326 g/mol. The van der Waals surface area contributed by atoms with Gasteiger partial charge in [-0.15, -0.1) is 0 Å². The van der Waals surface area contributed by atoms with Gasteiger partial charge in [-0.25, -0.2) is 13.1 Å². The lowest BCUT2D eigenvalue weighted by Gasteiger charge is -2.33. The highest BCUT2D eigenvalue weighted by Crippen LogP contribution is 2.33. The number of rotatable bonds is 4. The molecule has 0 bridgehead atoms. The van der Waals surface area contributed by atoms with Crippen LogP contribution in [0, 0.1) is 0 Å². The zero-order valence-corrected chi connectivity index (χ0v) is 14.8. The van der Waals surface area contributed by atoms with E-state index in [2.05, 4.69) is 28.0 Å². The fourth-order valence-electron chi connectivity index (χ4n) is 3.49. The smallest absolute Gasteiger partial charge is 0.240 e. The van der Waals surface area contributed by atoms with E-state index in [0.29, 0.717) is 19.0 Å². The largest absolute Gasteiger partial charge is 0.361 e. The Morgan fingerprint density at radius 3 is 2.62 bits per heavy atom. The van der Waals surface area contributed by atoms with E-state index in [-0.39, 0.29) is 5.91 Å². The Kier molecular flexibility index (Phi) is 4.64. The number of aromatic nitrogens is 1. The summed E-state index contributed by atoms with van der Waals surface area (Å²) < 4.78 is 24.9. The predicted molar refractivity (Wildman–Crippen MR) is 94.3 cm³/mol. The molecule has 130 valence electrons. The van der Waals surface area contributed by atoms with Gasteiger partial charge in [-0.2, -0.15) is 0 Å².